The van der Waals surface area contributed by atoms with Crippen LogP contribution in [-0.2, 0) is 13.6 Å². The summed E-state index contributed by atoms with van der Waals surface area (Å²) in [6.45, 7) is 5.18. The van der Waals surface area contributed by atoms with Gasteiger partial charge in [-0.3, -0.25) is 9.08 Å². The molecule has 31 heavy (non-hydrogen) atoms. The third kappa shape index (κ3) is 2.55. The fourth-order valence-electron chi connectivity index (χ4n) is 4.73. The van der Waals surface area contributed by atoms with Crippen LogP contribution in [-0.4, -0.2) is 37.6 Å². The van der Waals surface area contributed by atoms with Gasteiger partial charge in [0.15, 0.2) is 17.2 Å². The van der Waals surface area contributed by atoms with Crippen LogP contribution in [0.4, 0.5) is 10.2 Å². The summed E-state index contributed by atoms with van der Waals surface area (Å²) >= 11 is 0. The van der Waals surface area contributed by atoms with E-state index in [9.17, 15) is 4.39 Å². The lowest BCUT2D eigenvalue weighted by molar-refractivity contribution is 0.249. The Balaban J connectivity index is 1.55. The van der Waals surface area contributed by atoms with E-state index in [-0.39, 0.29) is 11.7 Å². The van der Waals surface area contributed by atoms with E-state index >= 15 is 0 Å². The number of rotatable bonds is 1. The highest BCUT2D eigenvalue weighted by atomic mass is 19.1. The van der Waals surface area contributed by atoms with Crippen molar-refractivity contribution in [1.29, 1.82) is 0 Å². The van der Waals surface area contributed by atoms with E-state index in [4.69, 9.17) is 9.47 Å². The fourth-order valence-corrected chi connectivity index (χ4v) is 4.73. The number of anilines is 1. The van der Waals surface area contributed by atoms with Gasteiger partial charge in [-0.1, -0.05) is 0 Å². The van der Waals surface area contributed by atoms with Crippen LogP contribution in [0.3, 0.4) is 0 Å². The molecule has 9 heteroatoms. The number of benzene rings is 1. The van der Waals surface area contributed by atoms with Crippen LogP contribution in [0.15, 0.2) is 24.5 Å². The molecule has 1 aromatic carbocycles. The number of hydrogen-bond donors (Lipinski definition) is 1. The van der Waals surface area contributed by atoms with Crippen LogP contribution >= 0.6 is 0 Å². The van der Waals surface area contributed by atoms with E-state index in [2.05, 4.69) is 20.6 Å². The molecule has 0 aliphatic carbocycles. The molecule has 0 amide bonds. The molecule has 1 N–H and O–H groups in total. The standard InChI is InChI=1S/C22H21FN6O2/c1-11-19(12(2)28(3)27-11)14-6-18-22(29-10-25-26-21(14)29)24-7-15-16(23)4-5-17-20(15)13(8-30-17)9-31-18/h4-6,10,13,24H,7-9H2,1-3H3/t13-/m1/s1. The molecule has 2 aliphatic heterocycles. The third-order valence-corrected chi connectivity index (χ3v) is 6.30. The maximum atomic E-state index is 14.7. The molecule has 0 bridgehead atoms. The second-order valence-electron chi connectivity index (χ2n) is 8.08. The van der Waals surface area contributed by atoms with Gasteiger partial charge in [-0.15, -0.1) is 10.2 Å². The largest absolute Gasteiger partial charge is 0.493 e. The molecule has 2 aliphatic rings. The van der Waals surface area contributed by atoms with Crippen LogP contribution in [0.1, 0.15) is 28.4 Å². The highest BCUT2D eigenvalue weighted by molar-refractivity contribution is 5.84. The molecule has 0 spiro atoms. The average molecular weight is 420 g/mol. The van der Waals surface area contributed by atoms with Gasteiger partial charge in [0.2, 0.25) is 0 Å². The minimum atomic E-state index is -0.247. The van der Waals surface area contributed by atoms with Gasteiger partial charge in [0.1, 0.15) is 17.9 Å². The van der Waals surface area contributed by atoms with Crippen molar-refractivity contribution < 1.29 is 13.9 Å². The van der Waals surface area contributed by atoms with Crippen LogP contribution in [0.2, 0.25) is 0 Å². The molecule has 5 heterocycles. The Labute approximate surface area is 177 Å². The smallest absolute Gasteiger partial charge is 0.170 e. The Morgan fingerprint density at radius 1 is 1.16 bits per heavy atom. The van der Waals surface area contributed by atoms with Crippen LogP contribution in [0, 0.1) is 19.7 Å². The second kappa shape index (κ2) is 6.44. The number of pyridine rings is 1. The highest BCUT2D eigenvalue weighted by Gasteiger charge is 2.32. The lowest BCUT2D eigenvalue weighted by atomic mass is 9.96. The summed E-state index contributed by atoms with van der Waals surface area (Å²) in [7, 11) is 1.92. The average Bonchev–Trinajstić information content (AvgIpc) is 3.45. The first kappa shape index (κ1) is 18.2. The summed E-state index contributed by atoms with van der Waals surface area (Å²) in [5, 5.41) is 16.4. The monoisotopic (exact) mass is 420 g/mol. The Bertz CT molecular complexity index is 1360. The molecule has 0 saturated heterocycles. The minimum absolute atomic E-state index is 0.0321. The van der Waals surface area contributed by atoms with Crippen molar-refractivity contribution in [3.05, 3.63) is 52.9 Å². The van der Waals surface area contributed by atoms with Crippen LogP contribution in [0.5, 0.6) is 11.5 Å². The van der Waals surface area contributed by atoms with Gasteiger partial charge in [0, 0.05) is 41.5 Å². The second-order valence-corrected chi connectivity index (χ2v) is 8.08. The van der Waals surface area contributed by atoms with E-state index in [1.807, 2.05) is 36.0 Å². The van der Waals surface area contributed by atoms with E-state index in [1.54, 1.807) is 12.4 Å². The van der Waals surface area contributed by atoms with Gasteiger partial charge in [-0.25, -0.2) is 4.39 Å². The van der Waals surface area contributed by atoms with E-state index < -0.39 is 0 Å². The van der Waals surface area contributed by atoms with Crippen molar-refractivity contribution in [2.45, 2.75) is 26.3 Å². The van der Waals surface area contributed by atoms with Crippen LogP contribution < -0.4 is 14.8 Å². The highest BCUT2D eigenvalue weighted by Crippen LogP contribution is 2.42. The summed E-state index contributed by atoms with van der Waals surface area (Å²) < 4.78 is 30.5. The lowest BCUT2D eigenvalue weighted by Crippen LogP contribution is -2.13. The molecule has 3 aromatic heterocycles. The van der Waals surface area contributed by atoms with E-state index in [1.165, 1.54) is 6.07 Å². The number of aromatic nitrogens is 5. The topological polar surface area (TPSA) is 78.5 Å². The summed E-state index contributed by atoms with van der Waals surface area (Å²) in [6, 6.07) is 5.14. The minimum Gasteiger partial charge on any atom is -0.493 e. The van der Waals surface area contributed by atoms with Crippen LogP contribution in [0.25, 0.3) is 16.8 Å². The molecule has 158 valence electrons. The number of fused-ring (bicyclic) bond motifs is 3. The predicted molar refractivity (Wildman–Crippen MR) is 112 cm³/mol. The number of ether oxygens (including phenoxy) is 2. The molecule has 4 aromatic rings. The van der Waals surface area contributed by atoms with Gasteiger partial charge in [0.05, 0.1) is 24.8 Å². The number of halogens is 1. The molecule has 0 unspecified atom stereocenters. The molecular formula is C22H21FN6O2. The van der Waals surface area contributed by atoms with Gasteiger partial charge < -0.3 is 14.8 Å². The molecule has 6 rings (SSSR count). The first-order valence-corrected chi connectivity index (χ1v) is 10.2. The zero-order valence-electron chi connectivity index (χ0n) is 17.4. The van der Waals surface area contributed by atoms with Crippen molar-refractivity contribution in [3.63, 3.8) is 0 Å². The SMILES string of the molecule is Cc1nn(C)c(C)c1-c1cc2c(n3cnnc13)NCc1c(F)ccc3c1[C@H](CO3)CO2. The quantitative estimate of drug-likeness (QED) is 0.509. The summed E-state index contributed by atoms with van der Waals surface area (Å²) in [5.41, 5.74) is 6.03. The Morgan fingerprint density at radius 2 is 1.97 bits per heavy atom. The van der Waals surface area contributed by atoms with Crippen molar-refractivity contribution in [3.8, 4) is 22.6 Å². The van der Waals surface area contributed by atoms with Gasteiger partial charge >= 0.3 is 0 Å². The van der Waals surface area contributed by atoms with Crippen molar-refractivity contribution in [1.82, 2.24) is 24.4 Å². The first-order chi connectivity index (χ1) is 15.0. The van der Waals surface area contributed by atoms with Crippen molar-refractivity contribution in [2.75, 3.05) is 18.5 Å². The molecule has 1 atom stereocenters. The number of hydrogen-bond acceptors (Lipinski definition) is 6. The molecule has 0 radical (unpaired) electrons. The molecule has 8 nitrogen and oxygen atoms in total. The summed E-state index contributed by atoms with van der Waals surface area (Å²) in [5.74, 6) is 1.81. The van der Waals surface area contributed by atoms with E-state index in [0.29, 0.717) is 42.5 Å². The maximum absolute atomic E-state index is 14.7. The van der Waals surface area contributed by atoms with Crippen molar-refractivity contribution in [2.24, 2.45) is 7.05 Å². The Hall–Kier alpha value is -3.62. The number of nitrogens with zero attached hydrogens (tertiary/aromatic N) is 5. The van der Waals surface area contributed by atoms with Gasteiger partial charge in [-0.2, -0.15) is 5.10 Å². The van der Waals surface area contributed by atoms with Crippen molar-refractivity contribution >= 4 is 11.5 Å². The number of nitrogens with one attached hydrogen (secondary N) is 1. The summed E-state index contributed by atoms with van der Waals surface area (Å²) in [6.07, 6.45) is 1.65. The Morgan fingerprint density at radius 3 is 2.74 bits per heavy atom. The Kier molecular flexibility index (Phi) is 3.77. The molecule has 0 fully saturated rings. The zero-order valence-corrected chi connectivity index (χ0v) is 17.4. The normalized spacial score (nSPS) is 17.1. The maximum Gasteiger partial charge on any atom is 0.170 e. The van der Waals surface area contributed by atoms with Gasteiger partial charge in [-0.05, 0) is 32.0 Å². The molecule has 0 saturated carbocycles. The lowest BCUT2D eigenvalue weighted by Gasteiger charge is -2.17. The fraction of sp³-hybridized carbons (Fsp3) is 0.318. The summed E-state index contributed by atoms with van der Waals surface area (Å²) in [4.78, 5) is 0. The van der Waals surface area contributed by atoms with E-state index in [0.717, 1.165) is 33.8 Å². The first-order valence-electron chi connectivity index (χ1n) is 10.2. The predicted octanol–water partition coefficient (Wildman–Crippen LogP) is 3.37. The molecular weight excluding hydrogens is 399 g/mol. The number of aryl methyl sites for hydroxylation is 2. The van der Waals surface area contributed by atoms with Gasteiger partial charge in [0.25, 0.3) is 0 Å². The third-order valence-electron chi connectivity index (χ3n) is 6.30. The zero-order chi connectivity index (χ0) is 21.3.